The second-order valence-electron chi connectivity index (χ2n) is 5.91. The van der Waals surface area contributed by atoms with Crippen LogP contribution in [0.1, 0.15) is 30.1 Å². The van der Waals surface area contributed by atoms with Crippen LogP contribution in [-0.2, 0) is 13.1 Å². The second kappa shape index (κ2) is 8.33. The second-order valence-corrected chi connectivity index (χ2v) is 5.91. The summed E-state index contributed by atoms with van der Waals surface area (Å²) < 4.78 is 5.58. The Kier molecular flexibility index (Phi) is 5.68. The number of H-pyrrole nitrogens is 1. The zero-order chi connectivity index (χ0) is 18.4. The van der Waals surface area contributed by atoms with E-state index in [9.17, 15) is 0 Å². The van der Waals surface area contributed by atoms with Crippen molar-refractivity contribution < 1.29 is 4.42 Å². The van der Waals surface area contributed by atoms with Crippen molar-refractivity contribution in [3.63, 3.8) is 0 Å². The number of imidazole rings is 1. The number of rotatable bonds is 6. The molecule has 136 valence electrons. The van der Waals surface area contributed by atoms with Crippen LogP contribution < -0.4 is 10.6 Å². The minimum absolute atomic E-state index is 0.450. The number of guanidine groups is 1. The first-order valence-corrected chi connectivity index (χ1v) is 8.70. The van der Waals surface area contributed by atoms with E-state index >= 15 is 0 Å². The fourth-order valence-corrected chi connectivity index (χ4v) is 2.48. The minimum Gasteiger partial charge on any atom is -0.444 e. The van der Waals surface area contributed by atoms with Gasteiger partial charge in [-0.2, -0.15) is 0 Å². The van der Waals surface area contributed by atoms with Crippen molar-refractivity contribution in [2.75, 3.05) is 6.54 Å². The summed E-state index contributed by atoms with van der Waals surface area (Å²) >= 11 is 0. The van der Waals surface area contributed by atoms with Gasteiger partial charge in [0.05, 0.1) is 24.1 Å². The molecule has 3 N–H and O–H groups in total. The molecule has 0 fully saturated rings. The Labute approximate surface area is 153 Å². The Balaban J connectivity index is 1.63. The average molecular weight is 352 g/mol. The van der Waals surface area contributed by atoms with E-state index in [0.29, 0.717) is 24.9 Å². The predicted octanol–water partition coefficient (Wildman–Crippen LogP) is 2.94. The van der Waals surface area contributed by atoms with Crippen LogP contribution in [0.25, 0.3) is 11.3 Å². The number of oxazole rings is 1. The molecule has 7 heteroatoms. The molecule has 7 nitrogen and oxygen atoms in total. The van der Waals surface area contributed by atoms with Crippen molar-refractivity contribution in [1.29, 1.82) is 0 Å². The molecule has 0 amide bonds. The van der Waals surface area contributed by atoms with Gasteiger partial charge in [-0.05, 0) is 26.3 Å². The number of nitrogens with zero attached hydrogens (tertiary/aromatic N) is 3. The summed E-state index contributed by atoms with van der Waals surface area (Å²) in [7, 11) is 0. The first-order chi connectivity index (χ1) is 12.7. The lowest BCUT2D eigenvalue weighted by molar-refractivity contribution is 0.463. The summed E-state index contributed by atoms with van der Waals surface area (Å²) in [5.74, 6) is 2.99. The van der Waals surface area contributed by atoms with Crippen LogP contribution in [0.5, 0.6) is 0 Å². The van der Waals surface area contributed by atoms with E-state index in [-0.39, 0.29) is 0 Å². The highest BCUT2D eigenvalue weighted by molar-refractivity contribution is 5.79. The highest BCUT2D eigenvalue weighted by Crippen LogP contribution is 2.16. The quantitative estimate of drug-likeness (QED) is 0.469. The molecule has 3 rings (SSSR count). The smallest absolute Gasteiger partial charge is 0.214 e. The van der Waals surface area contributed by atoms with E-state index in [1.807, 2.05) is 57.3 Å². The van der Waals surface area contributed by atoms with E-state index in [1.165, 1.54) is 0 Å². The van der Waals surface area contributed by atoms with Gasteiger partial charge in [0.1, 0.15) is 18.1 Å². The molecule has 2 aromatic heterocycles. The number of hydrogen-bond acceptors (Lipinski definition) is 4. The molecule has 1 aromatic carbocycles. The fourth-order valence-electron chi connectivity index (χ4n) is 2.48. The monoisotopic (exact) mass is 352 g/mol. The zero-order valence-electron chi connectivity index (χ0n) is 15.3. The van der Waals surface area contributed by atoms with Crippen LogP contribution in [0.3, 0.4) is 0 Å². The van der Waals surface area contributed by atoms with Gasteiger partial charge >= 0.3 is 0 Å². The third kappa shape index (κ3) is 4.50. The van der Waals surface area contributed by atoms with Crippen LogP contribution in [0, 0.1) is 13.8 Å². The predicted molar refractivity (Wildman–Crippen MR) is 102 cm³/mol. The Morgan fingerprint density at radius 3 is 2.69 bits per heavy atom. The average Bonchev–Trinajstić information content (AvgIpc) is 3.25. The minimum atomic E-state index is 0.450. The maximum absolute atomic E-state index is 5.58. The lowest BCUT2D eigenvalue weighted by atomic mass is 10.2. The van der Waals surface area contributed by atoms with Gasteiger partial charge in [0.15, 0.2) is 5.96 Å². The number of hydrogen-bond donors (Lipinski definition) is 3. The molecule has 26 heavy (non-hydrogen) atoms. The molecule has 0 aliphatic heterocycles. The fraction of sp³-hybridized carbons (Fsp3) is 0.316. The molecule has 0 unspecified atom stereocenters. The summed E-state index contributed by atoms with van der Waals surface area (Å²) in [5.41, 5.74) is 3.00. The van der Waals surface area contributed by atoms with Gasteiger partial charge in [-0.15, -0.1) is 0 Å². The summed E-state index contributed by atoms with van der Waals surface area (Å²) in [5, 5.41) is 6.44. The van der Waals surface area contributed by atoms with Crippen molar-refractivity contribution in [2.45, 2.75) is 33.9 Å². The van der Waals surface area contributed by atoms with Crippen LogP contribution in [0.15, 0.2) is 45.9 Å². The highest BCUT2D eigenvalue weighted by Gasteiger charge is 2.07. The zero-order valence-corrected chi connectivity index (χ0v) is 15.3. The Morgan fingerprint density at radius 1 is 1.19 bits per heavy atom. The summed E-state index contributed by atoms with van der Waals surface area (Å²) in [4.78, 5) is 16.6. The third-order valence-electron chi connectivity index (χ3n) is 3.92. The normalized spacial score (nSPS) is 11.6. The molecule has 0 aliphatic carbocycles. The van der Waals surface area contributed by atoms with Crippen molar-refractivity contribution in [3.8, 4) is 11.3 Å². The molecule has 0 atom stereocenters. The molecule has 0 radical (unpaired) electrons. The summed E-state index contributed by atoms with van der Waals surface area (Å²) in [6.07, 6.45) is 1.83. The van der Waals surface area contributed by atoms with E-state index in [0.717, 1.165) is 35.1 Å². The molecule has 0 bridgehead atoms. The van der Waals surface area contributed by atoms with Crippen molar-refractivity contribution in [2.24, 2.45) is 4.99 Å². The Morgan fingerprint density at radius 2 is 2.00 bits per heavy atom. The number of aromatic amines is 1. The van der Waals surface area contributed by atoms with Crippen LogP contribution >= 0.6 is 0 Å². The van der Waals surface area contributed by atoms with Crippen LogP contribution in [0.4, 0.5) is 0 Å². The number of aromatic nitrogens is 3. The lowest BCUT2D eigenvalue weighted by Crippen LogP contribution is -2.36. The molecule has 3 aromatic rings. The number of nitrogens with one attached hydrogen (secondary N) is 3. The Bertz CT molecular complexity index is 846. The van der Waals surface area contributed by atoms with Gasteiger partial charge in [-0.3, -0.25) is 0 Å². The molecule has 2 heterocycles. The van der Waals surface area contributed by atoms with E-state index in [2.05, 4.69) is 30.6 Å². The molecular weight excluding hydrogens is 328 g/mol. The number of aliphatic imine (C=N–C) groups is 1. The molecule has 0 aliphatic rings. The first kappa shape index (κ1) is 17.7. The lowest BCUT2D eigenvalue weighted by Gasteiger charge is -2.09. The largest absolute Gasteiger partial charge is 0.444 e. The van der Waals surface area contributed by atoms with Crippen LogP contribution in [-0.4, -0.2) is 27.5 Å². The maximum Gasteiger partial charge on any atom is 0.214 e. The van der Waals surface area contributed by atoms with Gasteiger partial charge in [0, 0.05) is 6.54 Å². The van der Waals surface area contributed by atoms with E-state index in [1.54, 1.807) is 0 Å². The molecular formula is C19H24N6O. The first-order valence-electron chi connectivity index (χ1n) is 8.70. The summed E-state index contributed by atoms with van der Waals surface area (Å²) in [6.45, 7) is 7.56. The molecule has 0 saturated carbocycles. The molecule has 0 spiro atoms. The van der Waals surface area contributed by atoms with Gasteiger partial charge in [-0.1, -0.05) is 30.3 Å². The third-order valence-corrected chi connectivity index (χ3v) is 3.92. The SMILES string of the molecule is CCNC(=NCc1ncc(-c2ccccc2)[nH]1)NCc1nc(C)c(C)o1. The number of benzene rings is 1. The molecule has 0 saturated heterocycles. The maximum atomic E-state index is 5.58. The van der Waals surface area contributed by atoms with Crippen molar-refractivity contribution >= 4 is 5.96 Å². The standard InChI is InChI=1S/C19H24N6O/c1-4-20-19(23-12-18-24-13(2)14(3)26-18)22-11-17-21-10-16(25-17)15-8-6-5-7-9-15/h5-10H,4,11-12H2,1-3H3,(H,21,25)(H2,20,22,23). The van der Waals surface area contributed by atoms with E-state index in [4.69, 9.17) is 4.42 Å². The highest BCUT2D eigenvalue weighted by atomic mass is 16.4. The number of aryl methyl sites for hydroxylation is 2. The summed E-state index contributed by atoms with van der Waals surface area (Å²) in [6, 6.07) is 10.1. The van der Waals surface area contributed by atoms with E-state index < -0.39 is 0 Å². The van der Waals surface area contributed by atoms with Gasteiger partial charge in [-0.25, -0.2) is 15.0 Å². The van der Waals surface area contributed by atoms with Gasteiger partial charge < -0.3 is 20.0 Å². The van der Waals surface area contributed by atoms with Crippen LogP contribution in [0.2, 0.25) is 0 Å². The van der Waals surface area contributed by atoms with Gasteiger partial charge in [0.25, 0.3) is 0 Å². The Hall–Kier alpha value is -3.09. The van der Waals surface area contributed by atoms with Crippen molar-refractivity contribution in [3.05, 3.63) is 59.7 Å². The van der Waals surface area contributed by atoms with Crippen molar-refractivity contribution in [1.82, 2.24) is 25.6 Å². The van der Waals surface area contributed by atoms with Gasteiger partial charge in [0.2, 0.25) is 5.89 Å². The topological polar surface area (TPSA) is 91.1 Å².